The molecular formula is C17H14Cl2O. The lowest BCUT2D eigenvalue weighted by Crippen LogP contribution is -2.22. The van der Waals surface area contributed by atoms with Gasteiger partial charge in [0, 0.05) is 16.5 Å². The highest BCUT2D eigenvalue weighted by molar-refractivity contribution is 6.31. The second kappa shape index (κ2) is 5.23. The van der Waals surface area contributed by atoms with Crippen LogP contribution in [-0.4, -0.2) is 5.78 Å². The molecule has 102 valence electrons. The van der Waals surface area contributed by atoms with Crippen LogP contribution in [-0.2, 0) is 16.6 Å². The van der Waals surface area contributed by atoms with Crippen molar-refractivity contribution in [3.8, 4) is 0 Å². The number of carbonyl (C=O) groups excluding carboxylic acids is 1. The highest BCUT2D eigenvalue weighted by Gasteiger charge is 2.50. The molecule has 2 aromatic carbocycles. The van der Waals surface area contributed by atoms with E-state index in [1.165, 1.54) is 0 Å². The molecule has 3 rings (SSSR count). The molecule has 1 aliphatic carbocycles. The van der Waals surface area contributed by atoms with Gasteiger partial charge in [0.2, 0.25) is 0 Å². The first kappa shape index (κ1) is 13.7. The van der Waals surface area contributed by atoms with Crippen LogP contribution in [0.5, 0.6) is 0 Å². The van der Waals surface area contributed by atoms with Crippen LogP contribution in [0.2, 0.25) is 10.0 Å². The molecule has 0 amide bonds. The van der Waals surface area contributed by atoms with Crippen molar-refractivity contribution >= 4 is 29.0 Å². The van der Waals surface area contributed by atoms with Crippen molar-refractivity contribution in [3.63, 3.8) is 0 Å². The molecule has 1 aliphatic rings. The molecule has 0 saturated heterocycles. The second-order valence-corrected chi connectivity index (χ2v) is 6.12. The standard InChI is InChI=1S/C17H14Cl2O/c18-14-7-5-13(6-8-14)17(9-10-17)16(20)11-12-3-1-2-4-15(12)19/h1-8H,9-11H2. The van der Waals surface area contributed by atoms with Crippen molar-refractivity contribution < 1.29 is 4.79 Å². The van der Waals surface area contributed by atoms with Crippen LogP contribution in [0.15, 0.2) is 48.5 Å². The molecule has 2 aromatic rings. The van der Waals surface area contributed by atoms with E-state index in [-0.39, 0.29) is 11.2 Å². The Hall–Kier alpha value is -1.31. The molecule has 0 N–H and O–H groups in total. The van der Waals surface area contributed by atoms with E-state index >= 15 is 0 Å². The largest absolute Gasteiger partial charge is 0.298 e. The smallest absolute Gasteiger partial charge is 0.147 e. The summed E-state index contributed by atoms with van der Waals surface area (Å²) in [6.45, 7) is 0. The highest BCUT2D eigenvalue weighted by atomic mass is 35.5. The average Bonchev–Trinajstić information content (AvgIpc) is 3.24. The Kier molecular flexibility index (Phi) is 3.57. The van der Waals surface area contributed by atoms with Gasteiger partial charge in [-0.1, -0.05) is 53.5 Å². The minimum absolute atomic E-state index is 0.243. The molecule has 3 heteroatoms. The van der Waals surface area contributed by atoms with Gasteiger partial charge in [-0.3, -0.25) is 4.79 Å². The number of ketones is 1. The lowest BCUT2D eigenvalue weighted by molar-refractivity contribution is -0.120. The molecule has 1 saturated carbocycles. The van der Waals surface area contributed by atoms with Crippen molar-refractivity contribution in [3.05, 3.63) is 69.7 Å². The van der Waals surface area contributed by atoms with E-state index in [1.54, 1.807) is 0 Å². The van der Waals surface area contributed by atoms with Crippen LogP contribution in [0.1, 0.15) is 24.0 Å². The van der Waals surface area contributed by atoms with Gasteiger partial charge in [0.05, 0.1) is 5.41 Å². The average molecular weight is 305 g/mol. The van der Waals surface area contributed by atoms with Gasteiger partial charge in [-0.05, 0) is 42.2 Å². The number of Topliss-reactive ketones (excluding diaryl/α,β-unsaturated/α-hetero) is 1. The fraction of sp³-hybridized carbons (Fsp3) is 0.235. The topological polar surface area (TPSA) is 17.1 Å². The van der Waals surface area contributed by atoms with Crippen molar-refractivity contribution in [2.24, 2.45) is 0 Å². The molecule has 0 spiro atoms. The third kappa shape index (κ3) is 2.48. The van der Waals surface area contributed by atoms with Gasteiger partial charge < -0.3 is 0 Å². The normalized spacial score (nSPS) is 15.9. The summed E-state index contributed by atoms with van der Waals surface area (Å²) >= 11 is 12.0. The summed E-state index contributed by atoms with van der Waals surface area (Å²) in [7, 11) is 0. The predicted molar refractivity (Wildman–Crippen MR) is 82.5 cm³/mol. The van der Waals surface area contributed by atoms with E-state index in [1.807, 2.05) is 48.5 Å². The van der Waals surface area contributed by atoms with Crippen LogP contribution in [0.25, 0.3) is 0 Å². The van der Waals surface area contributed by atoms with Gasteiger partial charge in [0.15, 0.2) is 0 Å². The van der Waals surface area contributed by atoms with Crippen molar-refractivity contribution in [2.45, 2.75) is 24.7 Å². The maximum absolute atomic E-state index is 12.6. The van der Waals surface area contributed by atoms with E-state index in [2.05, 4.69) is 0 Å². The van der Waals surface area contributed by atoms with E-state index in [0.29, 0.717) is 16.5 Å². The zero-order chi connectivity index (χ0) is 14.2. The summed E-state index contributed by atoms with van der Waals surface area (Å²) in [6, 6.07) is 15.1. The first-order valence-corrected chi connectivity index (χ1v) is 7.40. The third-order valence-electron chi connectivity index (χ3n) is 3.99. The number of rotatable bonds is 4. The van der Waals surface area contributed by atoms with Crippen LogP contribution in [0, 0.1) is 0 Å². The van der Waals surface area contributed by atoms with Gasteiger partial charge >= 0.3 is 0 Å². The Morgan fingerprint density at radius 2 is 1.65 bits per heavy atom. The fourth-order valence-electron chi connectivity index (χ4n) is 2.61. The van der Waals surface area contributed by atoms with Crippen LogP contribution in [0.3, 0.4) is 0 Å². The van der Waals surface area contributed by atoms with Gasteiger partial charge in [-0.15, -0.1) is 0 Å². The Morgan fingerprint density at radius 1 is 1.00 bits per heavy atom. The Balaban J connectivity index is 1.84. The van der Waals surface area contributed by atoms with Crippen LogP contribution < -0.4 is 0 Å². The number of hydrogen-bond acceptors (Lipinski definition) is 1. The number of halogens is 2. The summed E-state index contributed by atoms with van der Waals surface area (Å²) in [5.41, 5.74) is 1.65. The molecule has 0 atom stereocenters. The number of hydrogen-bond donors (Lipinski definition) is 0. The molecule has 1 fully saturated rings. The Bertz CT molecular complexity index is 642. The van der Waals surface area contributed by atoms with Gasteiger partial charge in [0.25, 0.3) is 0 Å². The summed E-state index contributed by atoms with van der Waals surface area (Å²) in [5, 5.41) is 1.36. The first-order chi connectivity index (χ1) is 9.62. The molecule has 0 unspecified atom stereocenters. The van der Waals surface area contributed by atoms with Gasteiger partial charge in [-0.25, -0.2) is 0 Å². The lowest BCUT2D eigenvalue weighted by atomic mass is 9.88. The zero-order valence-corrected chi connectivity index (χ0v) is 12.4. The maximum atomic E-state index is 12.6. The minimum Gasteiger partial charge on any atom is -0.298 e. The van der Waals surface area contributed by atoms with Crippen LogP contribution >= 0.6 is 23.2 Å². The molecule has 1 nitrogen and oxygen atoms in total. The van der Waals surface area contributed by atoms with E-state index < -0.39 is 0 Å². The van der Waals surface area contributed by atoms with Crippen molar-refractivity contribution in [1.82, 2.24) is 0 Å². The lowest BCUT2D eigenvalue weighted by Gasteiger charge is -2.15. The monoisotopic (exact) mass is 304 g/mol. The zero-order valence-electron chi connectivity index (χ0n) is 10.9. The summed E-state index contributed by atoms with van der Waals surface area (Å²) < 4.78 is 0. The van der Waals surface area contributed by atoms with E-state index in [4.69, 9.17) is 23.2 Å². The fourth-order valence-corrected chi connectivity index (χ4v) is 2.93. The molecule has 0 aromatic heterocycles. The second-order valence-electron chi connectivity index (χ2n) is 5.28. The molecular weight excluding hydrogens is 291 g/mol. The predicted octanol–water partition coefficient (Wildman–Crippen LogP) is 4.84. The molecule has 0 aliphatic heterocycles. The maximum Gasteiger partial charge on any atom is 0.147 e. The summed E-state index contributed by atoms with van der Waals surface area (Å²) in [6.07, 6.45) is 2.22. The van der Waals surface area contributed by atoms with Crippen molar-refractivity contribution in [1.29, 1.82) is 0 Å². The Morgan fingerprint density at radius 3 is 2.25 bits per heavy atom. The highest BCUT2D eigenvalue weighted by Crippen LogP contribution is 2.49. The molecule has 0 radical (unpaired) electrons. The van der Waals surface area contributed by atoms with Crippen LogP contribution in [0.4, 0.5) is 0 Å². The Labute approximate surface area is 128 Å². The quantitative estimate of drug-likeness (QED) is 0.790. The van der Waals surface area contributed by atoms with Crippen molar-refractivity contribution in [2.75, 3.05) is 0 Å². The number of benzene rings is 2. The summed E-state index contributed by atoms with van der Waals surface area (Å²) in [5.74, 6) is 0.243. The third-order valence-corrected chi connectivity index (χ3v) is 4.61. The van der Waals surface area contributed by atoms with Gasteiger partial charge in [0.1, 0.15) is 5.78 Å². The molecule has 20 heavy (non-hydrogen) atoms. The van der Waals surface area contributed by atoms with E-state index in [0.717, 1.165) is 24.0 Å². The number of carbonyl (C=O) groups is 1. The first-order valence-electron chi connectivity index (χ1n) is 6.65. The SMILES string of the molecule is O=C(Cc1ccccc1Cl)C1(c2ccc(Cl)cc2)CC1. The van der Waals surface area contributed by atoms with Gasteiger partial charge in [-0.2, -0.15) is 0 Å². The molecule has 0 bridgehead atoms. The minimum atomic E-state index is -0.316. The van der Waals surface area contributed by atoms with E-state index in [9.17, 15) is 4.79 Å². The summed E-state index contributed by atoms with van der Waals surface area (Å²) in [4.78, 5) is 12.6. The molecule has 0 heterocycles.